The minimum Gasteiger partial charge on any atom is -0.390 e. The average molecular weight is 338 g/mol. The molecule has 1 aliphatic rings. The van der Waals surface area contributed by atoms with Crippen molar-refractivity contribution >= 4 is 5.91 Å². The largest absolute Gasteiger partial charge is 0.390 e. The zero-order chi connectivity index (χ0) is 17.8. The third kappa shape index (κ3) is 4.47. The Balaban J connectivity index is 1.51. The SMILES string of the molecule is Cc1ccc(C)c(C(=O)NCC(O)CN2CCc3ccccc3C2)c1. The fourth-order valence-corrected chi connectivity index (χ4v) is 3.36. The Morgan fingerprint density at radius 3 is 2.76 bits per heavy atom. The minimum atomic E-state index is -0.570. The molecule has 1 aliphatic heterocycles. The van der Waals surface area contributed by atoms with Crippen molar-refractivity contribution in [3.8, 4) is 0 Å². The van der Waals surface area contributed by atoms with Crippen molar-refractivity contribution in [1.82, 2.24) is 10.2 Å². The standard InChI is InChI=1S/C21H26N2O2/c1-15-7-8-16(2)20(11-15)21(25)22-12-19(24)14-23-10-9-17-5-3-4-6-18(17)13-23/h3-8,11,19,24H,9-10,12-14H2,1-2H3,(H,22,25). The number of aliphatic hydroxyl groups excluding tert-OH is 1. The van der Waals surface area contributed by atoms with Gasteiger partial charge in [0.2, 0.25) is 0 Å². The zero-order valence-corrected chi connectivity index (χ0v) is 15.0. The monoisotopic (exact) mass is 338 g/mol. The number of aryl methyl sites for hydroxylation is 2. The molecule has 132 valence electrons. The minimum absolute atomic E-state index is 0.121. The maximum Gasteiger partial charge on any atom is 0.251 e. The summed E-state index contributed by atoms with van der Waals surface area (Å²) < 4.78 is 0. The van der Waals surface area contributed by atoms with E-state index in [1.165, 1.54) is 11.1 Å². The molecule has 1 amide bonds. The summed E-state index contributed by atoms with van der Waals surface area (Å²) in [6.45, 7) is 6.54. The van der Waals surface area contributed by atoms with Gasteiger partial charge in [-0.1, -0.05) is 42.0 Å². The van der Waals surface area contributed by atoms with Crippen LogP contribution in [-0.2, 0) is 13.0 Å². The number of fused-ring (bicyclic) bond motifs is 1. The Morgan fingerprint density at radius 1 is 1.20 bits per heavy atom. The number of carbonyl (C=O) groups excluding carboxylic acids is 1. The quantitative estimate of drug-likeness (QED) is 0.880. The molecule has 0 radical (unpaired) electrons. The van der Waals surface area contributed by atoms with E-state index in [1.54, 1.807) is 0 Å². The molecular formula is C21H26N2O2. The molecule has 2 aromatic rings. The highest BCUT2D eigenvalue weighted by molar-refractivity contribution is 5.95. The van der Waals surface area contributed by atoms with Crippen LogP contribution in [0.5, 0.6) is 0 Å². The summed E-state index contributed by atoms with van der Waals surface area (Å²) in [5, 5.41) is 13.2. The van der Waals surface area contributed by atoms with Crippen LogP contribution in [0.3, 0.4) is 0 Å². The van der Waals surface area contributed by atoms with Gasteiger partial charge < -0.3 is 10.4 Å². The first-order valence-corrected chi connectivity index (χ1v) is 8.85. The van der Waals surface area contributed by atoms with Crippen LogP contribution in [0.2, 0.25) is 0 Å². The van der Waals surface area contributed by atoms with Crippen LogP contribution in [0.15, 0.2) is 42.5 Å². The smallest absolute Gasteiger partial charge is 0.251 e. The van der Waals surface area contributed by atoms with Crippen LogP contribution < -0.4 is 5.32 Å². The van der Waals surface area contributed by atoms with E-state index in [0.29, 0.717) is 12.1 Å². The van der Waals surface area contributed by atoms with Crippen molar-refractivity contribution in [3.05, 3.63) is 70.3 Å². The van der Waals surface area contributed by atoms with Crippen molar-refractivity contribution in [2.75, 3.05) is 19.6 Å². The van der Waals surface area contributed by atoms with Crippen molar-refractivity contribution in [3.63, 3.8) is 0 Å². The van der Waals surface area contributed by atoms with Gasteiger partial charge in [-0.05, 0) is 43.0 Å². The molecule has 2 N–H and O–H groups in total. The Morgan fingerprint density at radius 2 is 1.96 bits per heavy atom. The van der Waals surface area contributed by atoms with E-state index in [4.69, 9.17) is 0 Å². The van der Waals surface area contributed by atoms with Crippen molar-refractivity contribution < 1.29 is 9.90 Å². The second-order valence-corrected chi connectivity index (χ2v) is 6.94. The van der Waals surface area contributed by atoms with Crippen molar-refractivity contribution in [1.29, 1.82) is 0 Å². The fourth-order valence-electron chi connectivity index (χ4n) is 3.36. The summed E-state index contributed by atoms with van der Waals surface area (Å²) in [7, 11) is 0. The van der Waals surface area contributed by atoms with E-state index in [0.717, 1.165) is 30.6 Å². The Kier molecular flexibility index (Phi) is 5.51. The van der Waals surface area contributed by atoms with E-state index in [9.17, 15) is 9.90 Å². The van der Waals surface area contributed by atoms with Crippen LogP contribution in [0, 0.1) is 13.8 Å². The lowest BCUT2D eigenvalue weighted by Crippen LogP contribution is -2.42. The molecule has 0 fully saturated rings. The second-order valence-electron chi connectivity index (χ2n) is 6.94. The Hall–Kier alpha value is -2.17. The third-order valence-electron chi connectivity index (χ3n) is 4.81. The number of β-amino-alcohol motifs (C(OH)–C–C–N with tert-alkyl or cyclic N) is 1. The second kappa shape index (κ2) is 7.81. The number of nitrogens with one attached hydrogen (secondary N) is 1. The predicted octanol–water partition coefficient (Wildman–Crippen LogP) is 2.45. The molecule has 0 aliphatic carbocycles. The van der Waals surface area contributed by atoms with Crippen LogP contribution >= 0.6 is 0 Å². The Labute approximate surface area is 149 Å². The molecule has 3 rings (SSSR count). The molecule has 1 unspecified atom stereocenters. The molecule has 0 saturated carbocycles. The molecule has 0 saturated heterocycles. The van der Waals surface area contributed by atoms with Gasteiger partial charge in [-0.3, -0.25) is 9.69 Å². The van der Waals surface area contributed by atoms with Crippen molar-refractivity contribution in [2.24, 2.45) is 0 Å². The van der Waals surface area contributed by atoms with E-state index in [1.807, 2.05) is 32.0 Å². The predicted molar refractivity (Wildman–Crippen MR) is 99.7 cm³/mol. The molecule has 2 aromatic carbocycles. The first-order valence-electron chi connectivity index (χ1n) is 8.85. The molecule has 4 heteroatoms. The van der Waals surface area contributed by atoms with Crippen LogP contribution in [0.1, 0.15) is 32.6 Å². The number of benzene rings is 2. The van der Waals surface area contributed by atoms with Crippen LogP contribution in [-0.4, -0.2) is 41.7 Å². The first kappa shape index (κ1) is 17.6. The summed E-state index contributed by atoms with van der Waals surface area (Å²) in [6, 6.07) is 14.3. The normalized spacial score (nSPS) is 15.5. The lowest BCUT2D eigenvalue weighted by molar-refractivity contribution is 0.0841. The molecule has 0 aromatic heterocycles. The molecule has 4 nitrogen and oxygen atoms in total. The first-order chi connectivity index (χ1) is 12.0. The topological polar surface area (TPSA) is 52.6 Å². The van der Waals surface area contributed by atoms with Crippen LogP contribution in [0.4, 0.5) is 0 Å². The number of aliphatic hydroxyl groups is 1. The molecule has 0 bridgehead atoms. The van der Waals surface area contributed by atoms with Gasteiger partial charge in [-0.25, -0.2) is 0 Å². The lowest BCUT2D eigenvalue weighted by Gasteiger charge is -2.30. The summed E-state index contributed by atoms with van der Waals surface area (Å²) in [6.07, 6.45) is 0.442. The maximum absolute atomic E-state index is 12.3. The van der Waals surface area contributed by atoms with Gasteiger partial charge in [0, 0.05) is 31.7 Å². The molecule has 0 spiro atoms. The molecule has 25 heavy (non-hydrogen) atoms. The molecular weight excluding hydrogens is 312 g/mol. The van der Waals surface area contributed by atoms with E-state index >= 15 is 0 Å². The van der Waals surface area contributed by atoms with Gasteiger partial charge >= 0.3 is 0 Å². The summed E-state index contributed by atoms with van der Waals surface area (Å²) in [4.78, 5) is 14.6. The van der Waals surface area contributed by atoms with Gasteiger partial charge in [0.05, 0.1) is 6.10 Å². The van der Waals surface area contributed by atoms with Gasteiger partial charge in [0.25, 0.3) is 5.91 Å². The van der Waals surface area contributed by atoms with Gasteiger partial charge in [0.15, 0.2) is 0 Å². The van der Waals surface area contributed by atoms with Crippen molar-refractivity contribution in [2.45, 2.75) is 32.9 Å². The molecule has 1 atom stereocenters. The lowest BCUT2D eigenvalue weighted by atomic mass is 10.00. The maximum atomic E-state index is 12.3. The number of hydrogen-bond acceptors (Lipinski definition) is 3. The summed E-state index contributed by atoms with van der Waals surface area (Å²) in [5.74, 6) is -0.121. The van der Waals surface area contributed by atoms with E-state index < -0.39 is 6.10 Å². The van der Waals surface area contributed by atoms with E-state index in [2.05, 4.69) is 34.5 Å². The highest BCUT2D eigenvalue weighted by atomic mass is 16.3. The highest BCUT2D eigenvalue weighted by Gasteiger charge is 2.19. The zero-order valence-electron chi connectivity index (χ0n) is 15.0. The number of hydrogen-bond donors (Lipinski definition) is 2. The highest BCUT2D eigenvalue weighted by Crippen LogP contribution is 2.18. The van der Waals surface area contributed by atoms with Gasteiger partial charge in [0.1, 0.15) is 0 Å². The number of carbonyl (C=O) groups is 1. The number of nitrogens with zero attached hydrogens (tertiary/aromatic N) is 1. The summed E-state index contributed by atoms with van der Waals surface area (Å²) >= 11 is 0. The summed E-state index contributed by atoms with van der Waals surface area (Å²) in [5.41, 5.74) is 5.42. The number of rotatable bonds is 5. The van der Waals surface area contributed by atoms with Crippen LogP contribution in [0.25, 0.3) is 0 Å². The van der Waals surface area contributed by atoms with Gasteiger partial charge in [-0.2, -0.15) is 0 Å². The fraction of sp³-hybridized carbons (Fsp3) is 0.381. The third-order valence-corrected chi connectivity index (χ3v) is 4.81. The average Bonchev–Trinajstić information content (AvgIpc) is 2.61. The Bertz CT molecular complexity index is 757. The van der Waals surface area contributed by atoms with Gasteiger partial charge in [-0.15, -0.1) is 0 Å². The van der Waals surface area contributed by atoms with E-state index in [-0.39, 0.29) is 12.5 Å². The number of amides is 1. The molecule has 1 heterocycles.